The van der Waals surface area contributed by atoms with Crippen LogP contribution in [0.5, 0.6) is 0 Å². The van der Waals surface area contributed by atoms with Crippen LogP contribution in [0, 0.1) is 5.82 Å². The van der Waals surface area contributed by atoms with Gasteiger partial charge in [-0.1, -0.05) is 59.8 Å². The molecule has 1 unspecified atom stereocenters. The van der Waals surface area contributed by atoms with Crippen LogP contribution >= 0.6 is 12.2 Å². The number of halogens is 1. The number of aromatic nitrogens is 1. The predicted octanol–water partition coefficient (Wildman–Crippen LogP) is 6.42. The van der Waals surface area contributed by atoms with Crippen molar-refractivity contribution in [3.63, 3.8) is 0 Å². The summed E-state index contributed by atoms with van der Waals surface area (Å²) in [6.07, 6.45) is 3.06. The lowest BCUT2D eigenvalue weighted by Crippen LogP contribution is -2.40. The topological polar surface area (TPSA) is 53.8 Å². The maximum Gasteiger partial charge on any atom is 0.233 e. The average molecular weight is 543 g/mol. The van der Waals surface area contributed by atoms with Crippen LogP contribution in [0.1, 0.15) is 29.5 Å². The van der Waals surface area contributed by atoms with Gasteiger partial charge in [-0.2, -0.15) is 0 Å². The van der Waals surface area contributed by atoms with Crippen molar-refractivity contribution in [2.24, 2.45) is 0 Å². The molecule has 1 atom stereocenters. The Morgan fingerprint density at radius 3 is 2.56 bits per heavy atom. The van der Waals surface area contributed by atoms with Crippen LogP contribution in [-0.2, 0) is 24.2 Å². The van der Waals surface area contributed by atoms with Crippen molar-refractivity contribution < 1.29 is 13.7 Å². The summed E-state index contributed by atoms with van der Waals surface area (Å²) in [6.45, 7) is 3.49. The molecule has 1 N–H and O–H groups in total. The number of fused-ring (bicyclic) bond motifs is 1. The highest BCUT2D eigenvalue weighted by Gasteiger charge is 2.29. The lowest BCUT2D eigenvalue weighted by Gasteiger charge is -2.31. The van der Waals surface area contributed by atoms with E-state index in [1.807, 2.05) is 18.2 Å². The van der Waals surface area contributed by atoms with Gasteiger partial charge < -0.3 is 24.4 Å². The number of hydrogen-bond donors (Lipinski definition) is 1. The quantitative estimate of drug-likeness (QED) is 0.271. The highest BCUT2D eigenvalue weighted by atomic mass is 32.1. The Balaban J connectivity index is 1.34. The zero-order valence-electron chi connectivity index (χ0n) is 21.7. The third kappa shape index (κ3) is 5.82. The smallest absolute Gasteiger partial charge is 0.233 e. The van der Waals surface area contributed by atoms with Crippen molar-refractivity contribution in [3.05, 3.63) is 101 Å². The summed E-state index contributed by atoms with van der Waals surface area (Å²) in [6, 6.07) is 24.9. The fraction of sp³-hybridized carbons (Fsp3) is 0.290. The van der Waals surface area contributed by atoms with Gasteiger partial charge in [-0.25, -0.2) is 4.39 Å². The molecule has 0 amide bonds. The number of nitrogens with one attached hydrogen (secondary N) is 1. The van der Waals surface area contributed by atoms with Crippen molar-refractivity contribution in [1.29, 1.82) is 0 Å². The molecule has 6 nitrogen and oxygen atoms in total. The van der Waals surface area contributed by atoms with E-state index in [1.54, 1.807) is 12.1 Å². The zero-order chi connectivity index (χ0) is 26.6. The molecule has 4 aromatic rings. The molecular formula is C31H31FN4O2S. The molecule has 1 saturated heterocycles. The maximum atomic E-state index is 13.5. The Bertz CT molecular complexity index is 1420. The van der Waals surface area contributed by atoms with E-state index in [0.29, 0.717) is 18.2 Å². The van der Waals surface area contributed by atoms with Gasteiger partial charge in [0.2, 0.25) is 5.88 Å². The van der Waals surface area contributed by atoms with Crippen LogP contribution in [-0.4, -0.2) is 41.0 Å². The lowest BCUT2D eigenvalue weighted by molar-refractivity contribution is 0.0905. The van der Waals surface area contributed by atoms with Crippen LogP contribution in [0.2, 0.25) is 0 Å². The number of nitrogens with zero attached hydrogens (tertiary/aromatic N) is 3. The Hall–Kier alpha value is -3.75. The second-order valence-electron chi connectivity index (χ2n) is 10.1. The summed E-state index contributed by atoms with van der Waals surface area (Å²) in [5.74, 6) is 0.484. The summed E-state index contributed by atoms with van der Waals surface area (Å²) in [5.41, 5.74) is 6.21. The van der Waals surface area contributed by atoms with E-state index in [-0.39, 0.29) is 11.9 Å². The van der Waals surface area contributed by atoms with Crippen LogP contribution in [0.4, 0.5) is 16.0 Å². The van der Waals surface area contributed by atoms with Crippen molar-refractivity contribution >= 4 is 28.9 Å². The first-order valence-corrected chi connectivity index (χ1v) is 13.8. The number of hydrogen-bond acceptors (Lipinski definition) is 5. The third-order valence-electron chi connectivity index (χ3n) is 7.41. The second-order valence-corrected chi connectivity index (χ2v) is 10.5. The van der Waals surface area contributed by atoms with Crippen LogP contribution in [0.3, 0.4) is 0 Å². The van der Waals surface area contributed by atoms with Gasteiger partial charge >= 0.3 is 0 Å². The average Bonchev–Trinajstić information content (AvgIpc) is 3.64. The van der Waals surface area contributed by atoms with E-state index < -0.39 is 0 Å². The monoisotopic (exact) mass is 542 g/mol. The van der Waals surface area contributed by atoms with E-state index in [9.17, 15) is 4.39 Å². The molecule has 8 heteroatoms. The van der Waals surface area contributed by atoms with Gasteiger partial charge in [0, 0.05) is 37.5 Å². The minimum absolute atomic E-state index is 0.0864. The Morgan fingerprint density at radius 1 is 1.03 bits per heavy atom. The van der Waals surface area contributed by atoms with E-state index in [1.165, 1.54) is 23.3 Å². The number of ether oxygens (including phenoxy) is 1. The number of anilines is 2. The van der Waals surface area contributed by atoms with Gasteiger partial charge in [-0.05, 0) is 66.9 Å². The van der Waals surface area contributed by atoms with E-state index in [0.717, 1.165) is 67.4 Å². The molecule has 2 aliphatic heterocycles. The molecule has 0 radical (unpaired) electrons. The minimum Gasteiger partial charge on any atom is -0.376 e. The van der Waals surface area contributed by atoms with Crippen LogP contribution in [0.25, 0.3) is 11.3 Å². The van der Waals surface area contributed by atoms with Gasteiger partial charge in [-0.3, -0.25) is 0 Å². The standard InChI is InChI=1S/C31H31FN4O2S/c32-25-12-14-26(15-13-25)33-31(39)36(20-27-11-6-18-37-27)21-28-29(23-8-2-1-3-9-23)34-38-30(28)35-17-16-22-7-4-5-10-24(22)19-35/h1-5,7-10,12-15,27H,6,11,16-21H2,(H,33,39). The van der Waals surface area contributed by atoms with Gasteiger partial charge in [0.25, 0.3) is 0 Å². The highest BCUT2D eigenvalue weighted by molar-refractivity contribution is 7.80. The molecule has 0 aliphatic carbocycles. The first-order chi connectivity index (χ1) is 19.1. The largest absolute Gasteiger partial charge is 0.376 e. The molecule has 0 bridgehead atoms. The van der Waals surface area contributed by atoms with E-state index in [4.69, 9.17) is 21.5 Å². The normalized spacial score (nSPS) is 16.6. The van der Waals surface area contributed by atoms with Gasteiger partial charge in [-0.15, -0.1) is 0 Å². The van der Waals surface area contributed by atoms with Crippen molar-refractivity contribution in [3.8, 4) is 11.3 Å². The van der Waals surface area contributed by atoms with Crippen LogP contribution < -0.4 is 10.2 Å². The molecule has 39 heavy (non-hydrogen) atoms. The Labute approximate surface area is 233 Å². The molecule has 3 aromatic carbocycles. The molecule has 200 valence electrons. The van der Waals surface area contributed by atoms with Crippen molar-refractivity contribution in [1.82, 2.24) is 10.1 Å². The first-order valence-electron chi connectivity index (χ1n) is 13.4. The maximum absolute atomic E-state index is 13.5. The van der Waals surface area contributed by atoms with Crippen LogP contribution in [0.15, 0.2) is 83.4 Å². The van der Waals surface area contributed by atoms with Gasteiger partial charge in [0.1, 0.15) is 11.5 Å². The van der Waals surface area contributed by atoms with Gasteiger partial charge in [0.05, 0.1) is 18.2 Å². The second kappa shape index (κ2) is 11.6. The summed E-state index contributed by atoms with van der Waals surface area (Å²) in [5, 5.41) is 8.42. The SMILES string of the molecule is Fc1ccc(NC(=S)N(Cc2c(-c3ccccc3)noc2N2CCc3ccccc3C2)CC2CCCO2)cc1. The summed E-state index contributed by atoms with van der Waals surface area (Å²) < 4.78 is 25.6. The summed E-state index contributed by atoms with van der Waals surface area (Å²) in [4.78, 5) is 4.40. The molecule has 3 heterocycles. The molecular weight excluding hydrogens is 511 g/mol. The number of rotatable bonds is 7. The molecule has 1 fully saturated rings. The third-order valence-corrected chi connectivity index (χ3v) is 7.77. The molecule has 6 rings (SSSR count). The predicted molar refractivity (Wildman–Crippen MR) is 155 cm³/mol. The van der Waals surface area contributed by atoms with Crippen molar-refractivity contribution in [2.75, 3.05) is 29.9 Å². The fourth-order valence-electron chi connectivity index (χ4n) is 5.36. The fourth-order valence-corrected chi connectivity index (χ4v) is 5.62. The van der Waals surface area contributed by atoms with E-state index in [2.05, 4.69) is 56.7 Å². The van der Waals surface area contributed by atoms with Gasteiger partial charge in [0.15, 0.2) is 5.11 Å². The number of benzene rings is 3. The lowest BCUT2D eigenvalue weighted by atomic mass is 9.99. The highest BCUT2D eigenvalue weighted by Crippen LogP contribution is 2.35. The molecule has 0 saturated carbocycles. The minimum atomic E-state index is -0.285. The molecule has 2 aliphatic rings. The first kappa shape index (κ1) is 25.5. The Kier molecular flexibility index (Phi) is 7.56. The summed E-state index contributed by atoms with van der Waals surface area (Å²) >= 11 is 5.91. The Morgan fingerprint density at radius 2 is 1.79 bits per heavy atom. The molecule has 1 aromatic heterocycles. The molecule has 0 spiro atoms. The van der Waals surface area contributed by atoms with Crippen molar-refractivity contribution in [2.45, 2.75) is 38.5 Å². The number of thiocarbonyl (C=S) groups is 1. The van der Waals surface area contributed by atoms with E-state index >= 15 is 0 Å². The summed E-state index contributed by atoms with van der Waals surface area (Å²) in [7, 11) is 0. The zero-order valence-corrected chi connectivity index (χ0v) is 22.5.